The molecule has 1 unspecified atom stereocenters. The topological polar surface area (TPSA) is 61.8 Å². The van der Waals surface area contributed by atoms with Crippen LogP contribution >= 0.6 is 0 Å². The van der Waals surface area contributed by atoms with Crippen molar-refractivity contribution in [3.63, 3.8) is 0 Å². The van der Waals surface area contributed by atoms with Crippen LogP contribution in [0.5, 0.6) is 11.5 Å². The van der Waals surface area contributed by atoms with Gasteiger partial charge in [0.25, 0.3) is 10.1 Å². The van der Waals surface area contributed by atoms with Crippen molar-refractivity contribution in [1.29, 1.82) is 0 Å². The van der Waals surface area contributed by atoms with E-state index in [0.29, 0.717) is 23.5 Å². The molecule has 0 aliphatic carbocycles. The predicted octanol–water partition coefficient (Wildman–Crippen LogP) is 1.35. The van der Waals surface area contributed by atoms with E-state index in [-0.39, 0.29) is 11.0 Å². The summed E-state index contributed by atoms with van der Waals surface area (Å²) in [6.07, 6.45) is 0.181. The van der Waals surface area contributed by atoms with Gasteiger partial charge in [0.05, 0.1) is 20.3 Å². The maximum absolute atomic E-state index is 11.8. The molecule has 1 aliphatic rings. The van der Waals surface area contributed by atoms with Crippen LogP contribution in [0, 0.1) is 0 Å². The fraction of sp³-hybridized carbons (Fsp3) is 0.455. The molecule has 0 bridgehead atoms. The van der Waals surface area contributed by atoms with E-state index < -0.39 is 10.1 Å². The first-order valence-corrected chi connectivity index (χ1v) is 6.57. The van der Waals surface area contributed by atoms with Crippen molar-refractivity contribution >= 4 is 10.1 Å². The van der Waals surface area contributed by atoms with Crippen LogP contribution < -0.4 is 9.47 Å². The zero-order valence-corrected chi connectivity index (χ0v) is 10.7. The van der Waals surface area contributed by atoms with Gasteiger partial charge in [0.15, 0.2) is 11.5 Å². The molecule has 1 aromatic rings. The Labute approximate surface area is 100 Å². The molecule has 0 spiro atoms. The molecule has 1 aromatic carbocycles. The summed E-state index contributed by atoms with van der Waals surface area (Å²) in [7, 11) is -0.708. The second kappa shape index (κ2) is 4.19. The van der Waals surface area contributed by atoms with Crippen LogP contribution in [0.3, 0.4) is 0 Å². The summed E-state index contributed by atoms with van der Waals surface area (Å²) in [5.41, 5.74) is 0.696. The molecule has 0 saturated heterocycles. The quantitative estimate of drug-likeness (QED) is 0.749. The molecule has 0 amide bonds. The first-order valence-electron chi connectivity index (χ1n) is 5.16. The Balaban J connectivity index is 2.64. The lowest BCUT2D eigenvalue weighted by molar-refractivity contribution is 0.217. The van der Waals surface area contributed by atoms with E-state index >= 15 is 0 Å². The van der Waals surface area contributed by atoms with Crippen LogP contribution in [0.1, 0.15) is 12.5 Å². The minimum absolute atomic E-state index is 0.160. The molecule has 17 heavy (non-hydrogen) atoms. The molecule has 0 saturated carbocycles. The SMILES string of the molecule is COc1cc2c(cc1OC)S(=O)(=O)OC(C)C2. The van der Waals surface area contributed by atoms with Gasteiger partial charge in [-0.05, 0) is 18.6 Å². The number of rotatable bonds is 2. The smallest absolute Gasteiger partial charge is 0.297 e. The fourth-order valence-electron chi connectivity index (χ4n) is 1.91. The van der Waals surface area contributed by atoms with E-state index in [2.05, 4.69) is 0 Å². The van der Waals surface area contributed by atoms with Crippen molar-refractivity contribution < 1.29 is 22.1 Å². The normalized spacial score (nSPS) is 21.7. The Bertz CT molecular complexity index is 535. The number of fused-ring (bicyclic) bond motifs is 1. The summed E-state index contributed by atoms with van der Waals surface area (Å²) in [6, 6.07) is 3.13. The summed E-state index contributed by atoms with van der Waals surface area (Å²) in [4.78, 5) is 0.160. The first kappa shape index (κ1) is 12.2. The standard InChI is InChI=1S/C11H14O5S/c1-7-4-8-5-9(14-2)10(15-3)6-11(8)17(12,13)16-7/h5-7H,4H2,1-3H3. The molecule has 5 nitrogen and oxygen atoms in total. The number of benzene rings is 1. The van der Waals surface area contributed by atoms with Gasteiger partial charge in [0.2, 0.25) is 0 Å². The van der Waals surface area contributed by atoms with Crippen molar-refractivity contribution in [3.8, 4) is 11.5 Å². The van der Waals surface area contributed by atoms with Crippen molar-refractivity contribution in [3.05, 3.63) is 17.7 Å². The van der Waals surface area contributed by atoms with E-state index in [1.807, 2.05) is 0 Å². The molecule has 0 N–H and O–H groups in total. The van der Waals surface area contributed by atoms with Crippen LogP contribution in [-0.2, 0) is 20.7 Å². The van der Waals surface area contributed by atoms with Crippen molar-refractivity contribution in [2.45, 2.75) is 24.3 Å². The third-order valence-electron chi connectivity index (χ3n) is 2.63. The summed E-state index contributed by atoms with van der Waals surface area (Å²) in [5.74, 6) is 0.906. The highest BCUT2D eigenvalue weighted by atomic mass is 32.2. The molecule has 0 aromatic heterocycles. The highest BCUT2D eigenvalue weighted by Crippen LogP contribution is 2.36. The van der Waals surface area contributed by atoms with E-state index in [1.54, 1.807) is 13.0 Å². The lowest BCUT2D eigenvalue weighted by Gasteiger charge is -2.23. The molecule has 1 heterocycles. The minimum Gasteiger partial charge on any atom is -0.493 e. The minimum atomic E-state index is -3.68. The van der Waals surface area contributed by atoms with Gasteiger partial charge in [0.1, 0.15) is 4.90 Å². The number of hydrogen-bond acceptors (Lipinski definition) is 5. The third-order valence-corrected chi connectivity index (χ3v) is 4.13. The summed E-state index contributed by atoms with van der Waals surface area (Å²) in [5, 5.41) is 0. The average Bonchev–Trinajstić information content (AvgIpc) is 2.26. The van der Waals surface area contributed by atoms with E-state index in [4.69, 9.17) is 13.7 Å². The average molecular weight is 258 g/mol. The van der Waals surface area contributed by atoms with Gasteiger partial charge in [-0.3, -0.25) is 4.18 Å². The van der Waals surface area contributed by atoms with Crippen LogP contribution in [0.25, 0.3) is 0 Å². The van der Waals surface area contributed by atoms with Crippen LogP contribution in [-0.4, -0.2) is 28.7 Å². The predicted molar refractivity (Wildman–Crippen MR) is 61.0 cm³/mol. The first-order chi connectivity index (χ1) is 7.97. The lowest BCUT2D eigenvalue weighted by atomic mass is 10.1. The Kier molecular flexibility index (Phi) is 3.01. The third kappa shape index (κ3) is 2.10. The molecular weight excluding hydrogens is 244 g/mol. The Morgan fingerprint density at radius 2 is 1.82 bits per heavy atom. The Hall–Kier alpha value is -1.27. The molecule has 94 valence electrons. The van der Waals surface area contributed by atoms with Gasteiger partial charge in [-0.2, -0.15) is 8.42 Å². The van der Waals surface area contributed by atoms with E-state index in [1.165, 1.54) is 20.3 Å². The van der Waals surface area contributed by atoms with Gasteiger partial charge < -0.3 is 9.47 Å². The molecule has 1 atom stereocenters. The van der Waals surface area contributed by atoms with Crippen molar-refractivity contribution in [1.82, 2.24) is 0 Å². The fourth-order valence-corrected chi connectivity index (χ4v) is 3.23. The Morgan fingerprint density at radius 1 is 1.24 bits per heavy atom. The monoisotopic (exact) mass is 258 g/mol. The van der Waals surface area contributed by atoms with Crippen molar-refractivity contribution in [2.75, 3.05) is 14.2 Å². The molecule has 0 fully saturated rings. The van der Waals surface area contributed by atoms with Gasteiger partial charge in [-0.25, -0.2) is 0 Å². The summed E-state index contributed by atoms with van der Waals surface area (Å²) < 4.78 is 38.8. The van der Waals surface area contributed by atoms with Crippen LogP contribution in [0.15, 0.2) is 17.0 Å². The van der Waals surface area contributed by atoms with Gasteiger partial charge in [-0.15, -0.1) is 0 Å². The van der Waals surface area contributed by atoms with Gasteiger partial charge >= 0.3 is 0 Å². The molecule has 1 aliphatic heterocycles. The van der Waals surface area contributed by atoms with Crippen LogP contribution in [0.4, 0.5) is 0 Å². The molecular formula is C11H14O5S. The van der Waals surface area contributed by atoms with Crippen molar-refractivity contribution in [2.24, 2.45) is 0 Å². The van der Waals surface area contributed by atoms with E-state index in [0.717, 1.165) is 0 Å². The largest absolute Gasteiger partial charge is 0.493 e. The lowest BCUT2D eigenvalue weighted by Crippen LogP contribution is -2.25. The summed E-state index contributed by atoms with van der Waals surface area (Å²) >= 11 is 0. The number of ether oxygens (including phenoxy) is 2. The highest BCUT2D eigenvalue weighted by molar-refractivity contribution is 7.86. The molecule has 6 heteroatoms. The second-order valence-corrected chi connectivity index (χ2v) is 5.42. The molecule has 0 radical (unpaired) electrons. The van der Waals surface area contributed by atoms with Crippen LogP contribution in [0.2, 0.25) is 0 Å². The number of methoxy groups -OCH3 is 2. The maximum atomic E-state index is 11.8. The zero-order chi connectivity index (χ0) is 12.6. The summed E-state index contributed by atoms with van der Waals surface area (Å²) in [6.45, 7) is 1.72. The Morgan fingerprint density at radius 3 is 2.41 bits per heavy atom. The zero-order valence-electron chi connectivity index (χ0n) is 9.89. The highest BCUT2D eigenvalue weighted by Gasteiger charge is 2.30. The van der Waals surface area contributed by atoms with Gasteiger partial charge in [0, 0.05) is 12.5 Å². The molecule has 2 rings (SSSR count). The van der Waals surface area contributed by atoms with E-state index in [9.17, 15) is 8.42 Å². The second-order valence-electron chi connectivity index (χ2n) is 3.88. The maximum Gasteiger partial charge on any atom is 0.297 e. The van der Waals surface area contributed by atoms with Gasteiger partial charge in [-0.1, -0.05) is 0 Å². The number of hydrogen-bond donors (Lipinski definition) is 0.